The maximum absolute atomic E-state index is 12.8. The normalized spacial score (nSPS) is 24.3. The van der Waals surface area contributed by atoms with Crippen LogP contribution in [0.15, 0.2) is 0 Å². The van der Waals surface area contributed by atoms with Crippen LogP contribution in [-0.4, -0.2) is 38.7 Å². The summed E-state index contributed by atoms with van der Waals surface area (Å²) in [7, 11) is 0. The maximum Gasteiger partial charge on any atom is 0.451 e. The van der Waals surface area contributed by atoms with E-state index < -0.39 is 12.0 Å². The van der Waals surface area contributed by atoms with Crippen LogP contribution in [0.3, 0.4) is 0 Å². The van der Waals surface area contributed by atoms with Crippen molar-refractivity contribution in [2.24, 2.45) is 17.6 Å². The fraction of sp³-hybridized carbons (Fsp3) is 0.769. The lowest BCUT2D eigenvalue weighted by molar-refractivity contribution is -0.148. The Kier molecular flexibility index (Phi) is 5.20. The summed E-state index contributed by atoms with van der Waals surface area (Å²) < 4.78 is 39.4. The van der Waals surface area contributed by atoms with E-state index in [9.17, 15) is 18.0 Å². The van der Waals surface area contributed by atoms with Crippen LogP contribution in [0.2, 0.25) is 0 Å². The van der Waals surface area contributed by atoms with E-state index in [0.717, 1.165) is 23.8 Å². The Morgan fingerprint density at radius 2 is 2.00 bits per heavy atom. The second-order valence-corrected chi connectivity index (χ2v) is 5.88. The number of aromatic nitrogens is 3. The standard InChI is InChI=1S/C13H18F3N5O.ClH/c14-13(15,16)12-19-18-10-7-20(4-5-21(10)12)11(22)9-3-1-2-8(9)6-17;/h8-9H,1-7,17H2;1H/t8-,9-;/m1./s1. The Balaban J connectivity index is 0.00000192. The number of halogens is 4. The lowest BCUT2D eigenvalue weighted by atomic mass is 9.94. The maximum atomic E-state index is 12.8. The summed E-state index contributed by atoms with van der Waals surface area (Å²) in [5, 5.41) is 6.82. The van der Waals surface area contributed by atoms with Crippen molar-refractivity contribution in [2.45, 2.75) is 38.5 Å². The third-order valence-electron chi connectivity index (χ3n) is 4.60. The molecule has 0 aromatic carbocycles. The van der Waals surface area contributed by atoms with Gasteiger partial charge in [-0.25, -0.2) is 0 Å². The van der Waals surface area contributed by atoms with Gasteiger partial charge >= 0.3 is 6.18 Å². The highest BCUT2D eigenvalue weighted by molar-refractivity contribution is 5.85. The molecule has 130 valence electrons. The molecule has 0 radical (unpaired) electrons. The van der Waals surface area contributed by atoms with Crippen molar-refractivity contribution >= 4 is 18.3 Å². The van der Waals surface area contributed by atoms with E-state index in [1.165, 1.54) is 0 Å². The number of carbonyl (C=O) groups excluding carboxylic acids is 1. The van der Waals surface area contributed by atoms with Gasteiger partial charge in [0.1, 0.15) is 0 Å². The average molecular weight is 354 g/mol. The quantitative estimate of drug-likeness (QED) is 0.872. The van der Waals surface area contributed by atoms with Crippen LogP contribution in [0.25, 0.3) is 0 Å². The Labute approximate surface area is 137 Å². The number of carbonyl (C=O) groups is 1. The molecule has 0 saturated heterocycles. The largest absolute Gasteiger partial charge is 0.451 e. The molecule has 10 heteroatoms. The van der Waals surface area contributed by atoms with Gasteiger partial charge in [0, 0.05) is 19.0 Å². The molecule has 1 saturated carbocycles. The van der Waals surface area contributed by atoms with Gasteiger partial charge < -0.3 is 15.2 Å². The number of nitrogens with zero attached hydrogens (tertiary/aromatic N) is 4. The van der Waals surface area contributed by atoms with Crippen molar-refractivity contribution in [3.05, 3.63) is 11.6 Å². The molecule has 1 aliphatic heterocycles. The first kappa shape index (κ1) is 18.0. The van der Waals surface area contributed by atoms with Crippen LogP contribution >= 0.6 is 12.4 Å². The molecular formula is C13H19ClF3N5O. The fourth-order valence-corrected chi connectivity index (χ4v) is 3.43. The minimum absolute atomic E-state index is 0. The topological polar surface area (TPSA) is 77.0 Å². The first-order valence-electron chi connectivity index (χ1n) is 7.40. The molecule has 0 unspecified atom stereocenters. The van der Waals surface area contributed by atoms with Crippen molar-refractivity contribution in [1.29, 1.82) is 0 Å². The third kappa shape index (κ3) is 3.30. The third-order valence-corrected chi connectivity index (χ3v) is 4.60. The SMILES string of the molecule is Cl.NC[C@H]1CCC[C@H]1C(=O)N1CCn2c(nnc2C(F)(F)F)C1. The molecule has 1 fully saturated rings. The highest BCUT2D eigenvalue weighted by Gasteiger charge is 2.41. The first-order valence-corrected chi connectivity index (χ1v) is 7.40. The molecule has 1 aromatic rings. The molecule has 0 spiro atoms. The molecule has 2 aliphatic rings. The zero-order valence-electron chi connectivity index (χ0n) is 12.4. The predicted molar refractivity (Wildman–Crippen MR) is 77.6 cm³/mol. The number of rotatable bonds is 2. The number of hydrogen-bond donors (Lipinski definition) is 1. The summed E-state index contributed by atoms with van der Waals surface area (Å²) >= 11 is 0. The van der Waals surface area contributed by atoms with Gasteiger partial charge in [0.05, 0.1) is 6.54 Å². The van der Waals surface area contributed by atoms with Crippen molar-refractivity contribution < 1.29 is 18.0 Å². The smallest absolute Gasteiger partial charge is 0.333 e. The lowest BCUT2D eigenvalue weighted by Gasteiger charge is -2.31. The molecule has 2 heterocycles. The summed E-state index contributed by atoms with van der Waals surface area (Å²) in [4.78, 5) is 14.2. The Hall–Kier alpha value is -1.35. The second kappa shape index (κ2) is 6.64. The van der Waals surface area contributed by atoms with E-state index in [4.69, 9.17) is 5.73 Å². The highest BCUT2D eigenvalue weighted by atomic mass is 35.5. The van der Waals surface area contributed by atoms with E-state index in [1.54, 1.807) is 4.90 Å². The van der Waals surface area contributed by atoms with Crippen LogP contribution in [0.4, 0.5) is 13.2 Å². The molecule has 2 N–H and O–H groups in total. The van der Waals surface area contributed by atoms with Gasteiger partial charge in [-0.2, -0.15) is 13.2 Å². The van der Waals surface area contributed by atoms with E-state index in [0.29, 0.717) is 6.54 Å². The highest BCUT2D eigenvalue weighted by Crippen LogP contribution is 2.34. The summed E-state index contributed by atoms with van der Waals surface area (Å²) in [5.41, 5.74) is 5.70. The van der Waals surface area contributed by atoms with Crippen LogP contribution < -0.4 is 5.73 Å². The lowest BCUT2D eigenvalue weighted by Crippen LogP contribution is -2.43. The molecule has 1 aromatic heterocycles. The molecule has 1 amide bonds. The van der Waals surface area contributed by atoms with Crippen molar-refractivity contribution in [1.82, 2.24) is 19.7 Å². The zero-order chi connectivity index (χ0) is 15.9. The van der Waals surface area contributed by atoms with E-state index in [1.807, 2.05) is 0 Å². The molecular weight excluding hydrogens is 335 g/mol. The number of alkyl halides is 3. The molecule has 6 nitrogen and oxygen atoms in total. The average Bonchev–Trinajstić information content (AvgIpc) is 3.11. The number of hydrogen-bond acceptors (Lipinski definition) is 4. The Morgan fingerprint density at radius 1 is 1.26 bits per heavy atom. The predicted octanol–water partition coefficient (Wildman–Crippen LogP) is 1.44. The van der Waals surface area contributed by atoms with Crippen LogP contribution in [0.1, 0.15) is 30.9 Å². The van der Waals surface area contributed by atoms with E-state index >= 15 is 0 Å². The Bertz CT molecular complexity index is 576. The van der Waals surface area contributed by atoms with Crippen molar-refractivity contribution in [3.63, 3.8) is 0 Å². The van der Waals surface area contributed by atoms with Crippen molar-refractivity contribution in [2.75, 3.05) is 13.1 Å². The van der Waals surface area contributed by atoms with E-state index in [2.05, 4.69) is 10.2 Å². The minimum atomic E-state index is -4.52. The van der Waals surface area contributed by atoms with Crippen molar-refractivity contribution in [3.8, 4) is 0 Å². The monoisotopic (exact) mass is 353 g/mol. The van der Waals surface area contributed by atoms with Crippen LogP contribution in [0, 0.1) is 11.8 Å². The summed E-state index contributed by atoms with van der Waals surface area (Å²) in [6.07, 6.45) is -1.80. The molecule has 2 atom stereocenters. The van der Waals surface area contributed by atoms with Gasteiger partial charge in [-0.05, 0) is 25.3 Å². The Morgan fingerprint density at radius 3 is 2.65 bits per heavy atom. The summed E-state index contributed by atoms with van der Waals surface area (Å²) in [6.45, 7) is 0.873. The van der Waals surface area contributed by atoms with Crippen LogP contribution in [-0.2, 0) is 24.1 Å². The molecule has 0 bridgehead atoms. The van der Waals surface area contributed by atoms with Gasteiger partial charge in [-0.1, -0.05) is 6.42 Å². The van der Waals surface area contributed by atoms with E-state index in [-0.39, 0.29) is 55.6 Å². The summed E-state index contributed by atoms with van der Waals surface area (Å²) in [6, 6.07) is 0. The zero-order valence-corrected chi connectivity index (χ0v) is 13.2. The first-order chi connectivity index (χ1) is 10.4. The van der Waals surface area contributed by atoms with Gasteiger partial charge in [0.25, 0.3) is 0 Å². The summed E-state index contributed by atoms with van der Waals surface area (Å²) in [5.74, 6) is -0.750. The van der Waals surface area contributed by atoms with Crippen LogP contribution in [0.5, 0.6) is 0 Å². The van der Waals surface area contributed by atoms with Gasteiger partial charge in [0.15, 0.2) is 5.82 Å². The van der Waals surface area contributed by atoms with Gasteiger partial charge in [0.2, 0.25) is 11.7 Å². The molecule has 23 heavy (non-hydrogen) atoms. The second-order valence-electron chi connectivity index (χ2n) is 5.88. The fourth-order valence-electron chi connectivity index (χ4n) is 3.43. The number of amides is 1. The number of nitrogens with two attached hydrogens (primary N) is 1. The molecule has 3 rings (SSSR count). The minimum Gasteiger partial charge on any atom is -0.333 e. The van der Waals surface area contributed by atoms with Gasteiger partial charge in [-0.15, -0.1) is 22.6 Å². The van der Waals surface area contributed by atoms with Gasteiger partial charge in [-0.3, -0.25) is 4.79 Å². The molecule has 1 aliphatic carbocycles. The number of fused-ring (bicyclic) bond motifs is 1.